The molecular formula is C19H19BrN2O2. The molecule has 0 aromatic heterocycles. The fourth-order valence-corrected chi connectivity index (χ4v) is 3.28. The predicted molar refractivity (Wildman–Crippen MR) is 97.8 cm³/mol. The summed E-state index contributed by atoms with van der Waals surface area (Å²) < 4.78 is 0.920. The second-order valence-electron chi connectivity index (χ2n) is 5.91. The van der Waals surface area contributed by atoms with Gasteiger partial charge in [-0.05, 0) is 30.2 Å². The number of hydrogen-bond acceptors (Lipinski definition) is 2. The van der Waals surface area contributed by atoms with E-state index in [2.05, 4.69) is 21.2 Å². The summed E-state index contributed by atoms with van der Waals surface area (Å²) in [5.74, 6) is -0.333. The molecule has 0 saturated carbocycles. The fourth-order valence-electron chi connectivity index (χ4n) is 2.90. The van der Waals surface area contributed by atoms with Crippen LogP contribution in [-0.2, 0) is 16.0 Å². The van der Waals surface area contributed by atoms with Crippen LogP contribution < -0.4 is 10.2 Å². The average Bonchev–Trinajstić information content (AvgIpc) is 2.98. The third-order valence-corrected chi connectivity index (χ3v) is 4.66. The standard InChI is InChI=1S/C19H19BrN2O2/c20-16-7-4-8-17(12-16)22-13-15(11-18(22)23)19(24)21-10-9-14-5-2-1-3-6-14/h1-8,12,15H,9-11,13H2,(H,21,24). The summed E-state index contributed by atoms with van der Waals surface area (Å²) in [6.07, 6.45) is 1.06. The third-order valence-electron chi connectivity index (χ3n) is 4.17. The quantitative estimate of drug-likeness (QED) is 0.857. The Morgan fingerprint density at radius 3 is 2.71 bits per heavy atom. The molecule has 1 saturated heterocycles. The van der Waals surface area contributed by atoms with E-state index in [0.717, 1.165) is 16.6 Å². The zero-order valence-corrected chi connectivity index (χ0v) is 14.8. The van der Waals surface area contributed by atoms with Gasteiger partial charge < -0.3 is 10.2 Å². The van der Waals surface area contributed by atoms with Crippen molar-refractivity contribution in [1.82, 2.24) is 5.32 Å². The highest BCUT2D eigenvalue weighted by atomic mass is 79.9. The number of nitrogens with zero attached hydrogens (tertiary/aromatic N) is 1. The van der Waals surface area contributed by atoms with E-state index >= 15 is 0 Å². The number of carbonyl (C=O) groups excluding carboxylic acids is 2. The zero-order valence-electron chi connectivity index (χ0n) is 13.2. The minimum atomic E-state index is -0.285. The van der Waals surface area contributed by atoms with Crippen LogP contribution in [0, 0.1) is 5.92 Å². The predicted octanol–water partition coefficient (Wildman–Crippen LogP) is 3.16. The third kappa shape index (κ3) is 4.03. The second kappa shape index (κ2) is 7.62. The summed E-state index contributed by atoms with van der Waals surface area (Å²) in [7, 11) is 0. The first-order chi connectivity index (χ1) is 11.6. The summed E-state index contributed by atoms with van der Waals surface area (Å²) in [6.45, 7) is 1.02. The number of rotatable bonds is 5. The van der Waals surface area contributed by atoms with Gasteiger partial charge in [0.25, 0.3) is 0 Å². The Balaban J connectivity index is 1.54. The molecule has 1 N–H and O–H groups in total. The lowest BCUT2D eigenvalue weighted by molar-refractivity contribution is -0.126. The van der Waals surface area contributed by atoms with E-state index in [0.29, 0.717) is 13.1 Å². The number of anilines is 1. The number of carbonyl (C=O) groups is 2. The number of hydrogen-bond donors (Lipinski definition) is 1. The van der Waals surface area contributed by atoms with Crippen LogP contribution in [0.4, 0.5) is 5.69 Å². The van der Waals surface area contributed by atoms with Crippen LogP contribution in [0.15, 0.2) is 59.1 Å². The monoisotopic (exact) mass is 386 g/mol. The molecular weight excluding hydrogens is 368 g/mol. The lowest BCUT2D eigenvalue weighted by atomic mass is 10.1. The Bertz CT molecular complexity index is 733. The summed E-state index contributed by atoms with van der Waals surface area (Å²) in [6, 6.07) is 17.6. The van der Waals surface area contributed by atoms with Gasteiger partial charge in [-0.3, -0.25) is 9.59 Å². The normalized spacial score (nSPS) is 17.1. The molecule has 0 aliphatic carbocycles. The van der Waals surface area contributed by atoms with Crippen molar-refractivity contribution in [3.8, 4) is 0 Å². The number of amides is 2. The Morgan fingerprint density at radius 2 is 1.96 bits per heavy atom. The van der Waals surface area contributed by atoms with Crippen LogP contribution >= 0.6 is 15.9 Å². The minimum absolute atomic E-state index is 0.00342. The molecule has 2 aromatic rings. The van der Waals surface area contributed by atoms with E-state index in [1.165, 1.54) is 5.56 Å². The highest BCUT2D eigenvalue weighted by molar-refractivity contribution is 9.10. The van der Waals surface area contributed by atoms with Gasteiger partial charge in [0.05, 0.1) is 5.92 Å². The Labute approximate surface area is 150 Å². The van der Waals surface area contributed by atoms with Crippen LogP contribution in [0.2, 0.25) is 0 Å². The fraction of sp³-hybridized carbons (Fsp3) is 0.263. The van der Waals surface area contributed by atoms with E-state index in [1.54, 1.807) is 4.90 Å². The number of benzene rings is 2. The van der Waals surface area contributed by atoms with Crippen LogP contribution in [0.3, 0.4) is 0 Å². The summed E-state index contributed by atoms with van der Waals surface area (Å²) in [5.41, 5.74) is 2.02. The summed E-state index contributed by atoms with van der Waals surface area (Å²) >= 11 is 3.41. The molecule has 0 bridgehead atoms. The first-order valence-corrected chi connectivity index (χ1v) is 8.80. The molecule has 1 heterocycles. The molecule has 1 aliphatic rings. The van der Waals surface area contributed by atoms with Gasteiger partial charge in [0.2, 0.25) is 11.8 Å². The van der Waals surface area contributed by atoms with E-state index < -0.39 is 0 Å². The van der Waals surface area contributed by atoms with Crippen molar-refractivity contribution >= 4 is 33.4 Å². The first kappa shape index (κ1) is 16.7. The van der Waals surface area contributed by atoms with Gasteiger partial charge in [-0.25, -0.2) is 0 Å². The molecule has 0 radical (unpaired) electrons. The number of nitrogens with one attached hydrogen (secondary N) is 1. The second-order valence-corrected chi connectivity index (χ2v) is 6.83. The highest BCUT2D eigenvalue weighted by Gasteiger charge is 2.34. The molecule has 1 unspecified atom stereocenters. The molecule has 124 valence electrons. The lowest BCUT2D eigenvalue weighted by Crippen LogP contribution is -2.34. The maximum Gasteiger partial charge on any atom is 0.227 e. The van der Waals surface area contributed by atoms with E-state index in [-0.39, 0.29) is 24.2 Å². The molecule has 1 atom stereocenters. The van der Waals surface area contributed by atoms with E-state index in [4.69, 9.17) is 0 Å². The molecule has 1 fully saturated rings. The minimum Gasteiger partial charge on any atom is -0.355 e. The van der Waals surface area contributed by atoms with Gasteiger partial charge in [0.15, 0.2) is 0 Å². The van der Waals surface area contributed by atoms with Gasteiger partial charge in [-0.15, -0.1) is 0 Å². The van der Waals surface area contributed by atoms with Crippen molar-refractivity contribution in [1.29, 1.82) is 0 Å². The molecule has 0 spiro atoms. The maximum absolute atomic E-state index is 12.3. The Hall–Kier alpha value is -2.14. The molecule has 24 heavy (non-hydrogen) atoms. The van der Waals surface area contributed by atoms with Crippen molar-refractivity contribution in [3.05, 3.63) is 64.6 Å². The summed E-state index contributed by atoms with van der Waals surface area (Å²) in [4.78, 5) is 26.2. The van der Waals surface area contributed by atoms with Gasteiger partial charge in [-0.1, -0.05) is 52.3 Å². The Kier molecular flexibility index (Phi) is 5.30. The molecule has 1 aliphatic heterocycles. The van der Waals surface area contributed by atoms with Crippen molar-refractivity contribution in [2.75, 3.05) is 18.0 Å². The van der Waals surface area contributed by atoms with Crippen LogP contribution in [-0.4, -0.2) is 24.9 Å². The molecule has 5 heteroatoms. The van der Waals surface area contributed by atoms with E-state index in [1.807, 2.05) is 54.6 Å². The molecule has 3 rings (SSSR count). The van der Waals surface area contributed by atoms with Gasteiger partial charge in [-0.2, -0.15) is 0 Å². The van der Waals surface area contributed by atoms with Crippen molar-refractivity contribution in [2.45, 2.75) is 12.8 Å². The average molecular weight is 387 g/mol. The summed E-state index contributed by atoms with van der Waals surface area (Å²) in [5, 5.41) is 2.95. The SMILES string of the molecule is O=C(NCCc1ccccc1)C1CC(=O)N(c2cccc(Br)c2)C1. The van der Waals surface area contributed by atoms with Crippen LogP contribution in [0.5, 0.6) is 0 Å². The number of halogens is 1. The lowest BCUT2D eigenvalue weighted by Gasteiger charge is -2.17. The molecule has 2 amide bonds. The van der Waals surface area contributed by atoms with Gasteiger partial charge >= 0.3 is 0 Å². The zero-order chi connectivity index (χ0) is 16.9. The van der Waals surface area contributed by atoms with E-state index in [9.17, 15) is 9.59 Å². The van der Waals surface area contributed by atoms with Crippen LogP contribution in [0.25, 0.3) is 0 Å². The van der Waals surface area contributed by atoms with Gasteiger partial charge in [0.1, 0.15) is 0 Å². The Morgan fingerprint density at radius 1 is 1.17 bits per heavy atom. The van der Waals surface area contributed by atoms with Crippen molar-refractivity contribution in [2.24, 2.45) is 5.92 Å². The topological polar surface area (TPSA) is 49.4 Å². The van der Waals surface area contributed by atoms with Crippen molar-refractivity contribution in [3.63, 3.8) is 0 Å². The molecule has 4 nitrogen and oxygen atoms in total. The smallest absolute Gasteiger partial charge is 0.227 e. The van der Waals surface area contributed by atoms with Gasteiger partial charge in [0, 0.05) is 29.7 Å². The first-order valence-electron chi connectivity index (χ1n) is 8.01. The van der Waals surface area contributed by atoms with Crippen LogP contribution in [0.1, 0.15) is 12.0 Å². The highest BCUT2D eigenvalue weighted by Crippen LogP contribution is 2.27. The molecule has 2 aromatic carbocycles. The van der Waals surface area contributed by atoms with Crippen molar-refractivity contribution < 1.29 is 9.59 Å². The maximum atomic E-state index is 12.3. The largest absolute Gasteiger partial charge is 0.355 e.